The van der Waals surface area contributed by atoms with Gasteiger partial charge in [-0.25, -0.2) is 4.79 Å². The van der Waals surface area contributed by atoms with Gasteiger partial charge in [0.2, 0.25) is 0 Å². The molecule has 0 N–H and O–H groups in total. The van der Waals surface area contributed by atoms with E-state index in [0.29, 0.717) is 31.9 Å². The third kappa shape index (κ3) is 3.86. The average Bonchev–Trinajstić information content (AvgIpc) is 3.42. The van der Waals surface area contributed by atoms with Gasteiger partial charge in [0.05, 0.1) is 23.3 Å². The monoisotopic (exact) mass is 471 g/mol. The fourth-order valence-electron chi connectivity index (χ4n) is 3.77. The molecule has 33 heavy (non-hydrogen) atoms. The number of carbonyl (C=O) groups is 2. The van der Waals surface area contributed by atoms with Crippen molar-refractivity contribution in [3.8, 4) is 11.3 Å². The van der Waals surface area contributed by atoms with E-state index in [9.17, 15) is 9.59 Å². The zero-order valence-corrected chi connectivity index (χ0v) is 19.1. The number of methoxy groups -OCH3 is 1. The molecule has 1 aliphatic rings. The van der Waals surface area contributed by atoms with Crippen molar-refractivity contribution in [2.45, 2.75) is 0 Å². The van der Waals surface area contributed by atoms with Crippen molar-refractivity contribution >= 4 is 62.7 Å². The van der Waals surface area contributed by atoms with E-state index in [2.05, 4.69) is 0 Å². The van der Waals surface area contributed by atoms with Crippen molar-refractivity contribution in [2.24, 2.45) is 0 Å². The summed E-state index contributed by atoms with van der Waals surface area (Å²) in [6.45, 7) is 0. The van der Waals surface area contributed by atoms with Crippen LogP contribution in [0.2, 0.25) is 0 Å². The van der Waals surface area contributed by atoms with E-state index in [4.69, 9.17) is 21.4 Å². The summed E-state index contributed by atoms with van der Waals surface area (Å²) in [7, 11) is 1.34. The SMILES string of the molecule is COC(=O)c1ccccc1-c1ccc(/C=C2/SC(=S)N(c3cccc4ccccc34)C2=O)o1. The molecule has 0 atom stereocenters. The number of hydrogen-bond donors (Lipinski definition) is 0. The second kappa shape index (κ2) is 8.69. The van der Waals surface area contributed by atoms with Crippen LogP contribution in [-0.4, -0.2) is 23.3 Å². The first-order valence-corrected chi connectivity index (χ1v) is 11.3. The van der Waals surface area contributed by atoms with E-state index in [1.807, 2.05) is 48.5 Å². The lowest BCUT2D eigenvalue weighted by atomic mass is 10.1. The molecule has 3 aromatic carbocycles. The van der Waals surface area contributed by atoms with Crippen molar-refractivity contribution in [1.29, 1.82) is 0 Å². The number of ether oxygens (including phenoxy) is 1. The molecule has 5 nitrogen and oxygen atoms in total. The summed E-state index contributed by atoms with van der Waals surface area (Å²) in [5, 5.41) is 1.99. The molecule has 5 rings (SSSR count). The van der Waals surface area contributed by atoms with Gasteiger partial charge in [0.25, 0.3) is 5.91 Å². The van der Waals surface area contributed by atoms with Gasteiger partial charge in [-0.05, 0) is 29.7 Å². The van der Waals surface area contributed by atoms with Crippen molar-refractivity contribution in [1.82, 2.24) is 0 Å². The van der Waals surface area contributed by atoms with Crippen LogP contribution >= 0.6 is 24.0 Å². The van der Waals surface area contributed by atoms with Crippen molar-refractivity contribution < 1.29 is 18.7 Å². The molecule has 1 saturated heterocycles. The number of rotatable bonds is 4. The number of anilines is 1. The molecule has 0 spiro atoms. The minimum Gasteiger partial charge on any atom is -0.465 e. The normalized spacial score (nSPS) is 14.9. The average molecular weight is 472 g/mol. The highest BCUT2D eigenvalue weighted by Crippen LogP contribution is 2.39. The van der Waals surface area contributed by atoms with Crippen LogP contribution < -0.4 is 4.90 Å². The fraction of sp³-hybridized carbons (Fsp3) is 0.0385. The van der Waals surface area contributed by atoms with Crippen molar-refractivity contribution in [3.63, 3.8) is 0 Å². The van der Waals surface area contributed by atoms with E-state index < -0.39 is 5.97 Å². The van der Waals surface area contributed by atoms with Crippen LogP contribution in [0.3, 0.4) is 0 Å². The minimum absolute atomic E-state index is 0.200. The molecule has 0 radical (unpaired) electrons. The lowest BCUT2D eigenvalue weighted by Gasteiger charge is -2.17. The molecule has 0 aliphatic carbocycles. The Bertz CT molecular complexity index is 1450. The highest BCUT2D eigenvalue weighted by atomic mass is 32.2. The van der Waals surface area contributed by atoms with Crippen LogP contribution in [0.1, 0.15) is 16.1 Å². The number of benzene rings is 3. The summed E-state index contributed by atoms with van der Waals surface area (Å²) in [5.74, 6) is 0.351. The maximum atomic E-state index is 13.3. The number of furan rings is 1. The first-order valence-electron chi connectivity index (χ1n) is 10.1. The molecule has 4 aromatic rings. The maximum Gasteiger partial charge on any atom is 0.338 e. The Morgan fingerprint density at radius 1 is 1.00 bits per heavy atom. The number of thioether (sulfide) groups is 1. The van der Waals surface area contributed by atoms with Crippen LogP contribution in [-0.2, 0) is 9.53 Å². The smallest absolute Gasteiger partial charge is 0.338 e. The molecular weight excluding hydrogens is 454 g/mol. The van der Waals surface area contributed by atoms with Gasteiger partial charge in [0.1, 0.15) is 11.5 Å². The van der Waals surface area contributed by atoms with Gasteiger partial charge in [-0.1, -0.05) is 78.6 Å². The standard InChI is InChI=1S/C26H17NO4S2/c1-30-25(29)20-11-5-4-10-19(20)22-14-13-17(31-22)15-23-24(28)27(26(32)33-23)21-12-6-8-16-7-2-3-9-18(16)21/h2-15H,1H3/b23-15+. The van der Waals surface area contributed by atoms with Crippen LogP contribution in [0, 0.1) is 0 Å². The molecule has 1 aromatic heterocycles. The number of nitrogens with zero attached hydrogens (tertiary/aromatic N) is 1. The highest BCUT2D eigenvalue weighted by molar-refractivity contribution is 8.27. The number of hydrogen-bond acceptors (Lipinski definition) is 6. The third-order valence-electron chi connectivity index (χ3n) is 5.30. The summed E-state index contributed by atoms with van der Waals surface area (Å²) in [5.41, 5.74) is 1.78. The number of carbonyl (C=O) groups excluding carboxylic acids is 2. The number of thiocarbonyl (C=S) groups is 1. The zero-order chi connectivity index (χ0) is 22.9. The summed E-state index contributed by atoms with van der Waals surface area (Å²) >= 11 is 6.77. The third-order valence-corrected chi connectivity index (χ3v) is 6.60. The Hall–Kier alpha value is -3.68. The van der Waals surface area contributed by atoms with Crippen molar-refractivity contribution in [2.75, 3.05) is 12.0 Å². The van der Waals surface area contributed by atoms with E-state index in [1.165, 1.54) is 18.9 Å². The van der Waals surface area contributed by atoms with E-state index >= 15 is 0 Å². The fourth-order valence-corrected chi connectivity index (χ4v) is 5.03. The number of amides is 1. The molecule has 162 valence electrons. The molecule has 7 heteroatoms. The number of esters is 1. The molecular formula is C26H17NO4S2. The van der Waals surface area contributed by atoms with Crippen LogP contribution in [0.5, 0.6) is 0 Å². The summed E-state index contributed by atoms with van der Waals surface area (Å²) in [4.78, 5) is 27.4. The Labute approximate surface area is 199 Å². The topological polar surface area (TPSA) is 59.8 Å². The molecule has 0 unspecified atom stereocenters. The Morgan fingerprint density at radius 2 is 1.76 bits per heavy atom. The highest BCUT2D eigenvalue weighted by Gasteiger charge is 2.34. The zero-order valence-electron chi connectivity index (χ0n) is 17.5. The van der Waals surface area contributed by atoms with Gasteiger partial charge < -0.3 is 9.15 Å². The van der Waals surface area contributed by atoms with Gasteiger partial charge in [-0.2, -0.15) is 0 Å². The molecule has 0 bridgehead atoms. The largest absolute Gasteiger partial charge is 0.465 e. The predicted molar refractivity (Wildman–Crippen MR) is 135 cm³/mol. The van der Waals surface area contributed by atoms with Crippen LogP contribution in [0.4, 0.5) is 5.69 Å². The van der Waals surface area contributed by atoms with E-state index in [1.54, 1.807) is 41.3 Å². The summed E-state index contributed by atoms with van der Waals surface area (Å²) in [6.07, 6.45) is 1.68. The van der Waals surface area contributed by atoms with Gasteiger partial charge in [0.15, 0.2) is 4.32 Å². The second-order valence-electron chi connectivity index (χ2n) is 7.25. The van der Waals surface area contributed by atoms with Gasteiger partial charge in [-0.15, -0.1) is 0 Å². The van der Waals surface area contributed by atoms with E-state index in [0.717, 1.165) is 16.5 Å². The van der Waals surface area contributed by atoms with Crippen LogP contribution in [0.15, 0.2) is 88.2 Å². The van der Waals surface area contributed by atoms with Crippen LogP contribution in [0.25, 0.3) is 28.2 Å². The summed E-state index contributed by atoms with van der Waals surface area (Å²) < 4.78 is 11.3. The second-order valence-corrected chi connectivity index (χ2v) is 8.93. The Kier molecular flexibility index (Phi) is 5.58. The predicted octanol–water partition coefficient (Wildman–Crippen LogP) is 6.29. The molecule has 1 fully saturated rings. The first kappa shape index (κ1) is 21.2. The van der Waals surface area contributed by atoms with Gasteiger partial charge in [0, 0.05) is 17.0 Å². The quantitative estimate of drug-likeness (QED) is 0.198. The minimum atomic E-state index is -0.445. The lowest BCUT2D eigenvalue weighted by Crippen LogP contribution is -2.27. The molecule has 2 heterocycles. The Balaban J connectivity index is 1.48. The Morgan fingerprint density at radius 3 is 2.61 bits per heavy atom. The molecule has 1 amide bonds. The first-order chi connectivity index (χ1) is 16.1. The summed E-state index contributed by atoms with van der Waals surface area (Å²) in [6, 6.07) is 24.3. The molecule has 0 saturated carbocycles. The van der Waals surface area contributed by atoms with Gasteiger partial charge >= 0.3 is 5.97 Å². The number of fused-ring (bicyclic) bond motifs is 1. The van der Waals surface area contributed by atoms with Gasteiger partial charge in [-0.3, -0.25) is 9.69 Å². The maximum absolute atomic E-state index is 13.3. The van der Waals surface area contributed by atoms with E-state index in [-0.39, 0.29) is 5.91 Å². The molecule has 1 aliphatic heterocycles. The van der Waals surface area contributed by atoms with Crippen molar-refractivity contribution in [3.05, 3.63) is 95.1 Å². The lowest BCUT2D eigenvalue weighted by molar-refractivity contribution is -0.113.